The number of halogens is 1. The Balaban J connectivity index is 2.15. The predicted octanol–water partition coefficient (Wildman–Crippen LogP) is 4.62. The molecule has 108 valence electrons. The largest absolute Gasteiger partial charge is 0.290 e. The van der Waals surface area contributed by atoms with Gasteiger partial charge in [0.25, 0.3) is 5.91 Å². The highest BCUT2D eigenvalue weighted by Crippen LogP contribution is 2.35. The van der Waals surface area contributed by atoms with Gasteiger partial charge in [0.2, 0.25) is 0 Å². The Morgan fingerprint density at radius 2 is 2.05 bits per heavy atom. The maximum absolute atomic E-state index is 12.8. The predicted molar refractivity (Wildman–Crippen MR) is 87.6 cm³/mol. The van der Waals surface area contributed by atoms with Gasteiger partial charge in [-0.15, -0.1) is 11.3 Å². The van der Waals surface area contributed by atoms with Gasteiger partial charge in [-0.3, -0.25) is 4.79 Å². The van der Waals surface area contributed by atoms with Crippen molar-refractivity contribution in [2.45, 2.75) is 27.2 Å². The van der Waals surface area contributed by atoms with E-state index in [1.807, 2.05) is 38.1 Å². The molecular weight excluding hydrogens is 304 g/mol. The highest BCUT2D eigenvalue weighted by atomic mass is 35.5. The van der Waals surface area contributed by atoms with E-state index in [4.69, 9.17) is 11.6 Å². The zero-order chi connectivity index (χ0) is 15.1. The second kappa shape index (κ2) is 5.28. The van der Waals surface area contributed by atoms with Crippen molar-refractivity contribution in [3.63, 3.8) is 0 Å². The molecule has 0 atom stereocenters. The molecule has 2 aromatic heterocycles. The summed E-state index contributed by atoms with van der Waals surface area (Å²) in [5.74, 6) is -0.151. The topological polar surface area (TPSA) is 34.9 Å². The van der Waals surface area contributed by atoms with Crippen LogP contribution in [0.15, 0.2) is 24.3 Å². The summed E-state index contributed by atoms with van der Waals surface area (Å²) in [6.07, 6.45) is 0.866. The number of hydrogen-bond donors (Lipinski definition) is 0. The lowest BCUT2D eigenvalue weighted by molar-refractivity contribution is 0.0946. The minimum atomic E-state index is -0.151. The molecule has 0 aliphatic heterocycles. The Hall–Kier alpha value is -1.65. The lowest BCUT2D eigenvalue weighted by atomic mass is 10.1. The monoisotopic (exact) mass is 318 g/mol. The summed E-state index contributed by atoms with van der Waals surface area (Å²) < 4.78 is 2.49. The fraction of sp³-hybridized carbons (Fsp3) is 0.250. The van der Waals surface area contributed by atoms with Crippen molar-refractivity contribution in [3.8, 4) is 0 Å². The molecule has 0 aliphatic carbocycles. The van der Waals surface area contributed by atoms with Gasteiger partial charge in [-0.1, -0.05) is 36.7 Å². The zero-order valence-electron chi connectivity index (χ0n) is 12.1. The zero-order valence-corrected chi connectivity index (χ0v) is 13.7. The van der Waals surface area contributed by atoms with E-state index in [0.717, 1.165) is 33.5 Å². The van der Waals surface area contributed by atoms with Gasteiger partial charge in [0.15, 0.2) is 0 Å². The van der Waals surface area contributed by atoms with Crippen molar-refractivity contribution in [1.82, 2.24) is 9.78 Å². The SMILES string of the molecule is CCc1c(C)nn(C(=O)c2sc3ccccc3c2Cl)c1C. The number of fused-ring (bicyclic) bond motifs is 1. The molecule has 0 fully saturated rings. The van der Waals surface area contributed by atoms with Gasteiger partial charge in [0.05, 0.1) is 10.7 Å². The third kappa shape index (κ3) is 2.19. The second-order valence-corrected chi connectivity index (χ2v) is 6.39. The summed E-state index contributed by atoms with van der Waals surface area (Å²) in [5, 5.41) is 5.82. The maximum atomic E-state index is 12.8. The molecule has 0 aliphatic rings. The van der Waals surface area contributed by atoms with Gasteiger partial charge in [-0.2, -0.15) is 9.78 Å². The fourth-order valence-corrected chi connectivity index (χ4v) is 4.07. The summed E-state index contributed by atoms with van der Waals surface area (Å²) in [4.78, 5) is 13.3. The smallest absolute Gasteiger partial charge is 0.266 e. The number of hydrogen-bond acceptors (Lipinski definition) is 3. The lowest BCUT2D eigenvalue weighted by Crippen LogP contribution is -2.14. The Morgan fingerprint density at radius 3 is 2.67 bits per heavy atom. The number of thiophene rings is 1. The van der Waals surface area contributed by atoms with Crippen molar-refractivity contribution < 1.29 is 4.79 Å². The second-order valence-electron chi connectivity index (χ2n) is 4.96. The average molecular weight is 319 g/mol. The number of aromatic nitrogens is 2. The Labute approximate surface area is 132 Å². The standard InChI is InChI=1S/C16H15ClN2OS/c1-4-11-9(2)18-19(10(11)3)16(20)15-14(17)12-7-5-6-8-13(12)21-15/h5-8H,4H2,1-3H3. The number of carbonyl (C=O) groups excluding carboxylic acids is 1. The van der Waals surface area contributed by atoms with E-state index in [2.05, 4.69) is 12.0 Å². The van der Waals surface area contributed by atoms with Crippen LogP contribution in [0.25, 0.3) is 10.1 Å². The number of aryl methyl sites for hydroxylation is 1. The average Bonchev–Trinajstić information content (AvgIpc) is 2.96. The Morgan fingerprint density at radius 1 is 1.33 bits per heavy atom. The minimum absolute atomic E-state index is 0.151. The summed E-state index contributed by atoms with van der Waals surface area (Å²) >= 11 is 7.80. The molecule has 21 heavy (non-hydrogen) atoms. The van der Waals surface area contributed by atoms with Crippen LogP contribution in [0.4, 0.5) is 0 Å². The molecule has 0 saturated carbocycles. The quantitative estimate of drug-likeness (QED) is 0.691. The summed E-state index contributed by atoms with van der Waals surface area (Å²) in [6, 6.07) is 7.78. The van der Waals surface area contributed by atoms with Gasteiger partial charge in [-0.05, 0) is 31.9 Å². The van der Waals surface area contributed by atoms with Crippen LogP contribution < -0.4 is 0 Å². The van der Waals surface area contributed by atoms with Crippen LogP contribution in [0.2, 0.25) is 5.02 Å². The van der Waals surface area contributed by atoms with Crippen molar-refractivity contribution >= 4 is 38.9 Å². The van der Waals surface area contributed by atoms with Crippen molar-refractivity contribution in [2.24, 2.45) is 0 Å². The highest BCUT2D eigenvalue weighted by Gasteiger charge is 2.22. The molecule has 0 amide bonds. The molecule has 0 bridgehead atoms. The molecule has 5 heteroatoms. The molecule has 0 radical (unpaired) electrons. The number of rotatable bonds is 2. The molecule has 0 unspecified atom stereocenters. The molecule has 3 rings (SSSR count). The van der Waals surface area contributed by atoms with Gasteiger partial charge < -0.3 is 0 Å². The van der Waals surface area contributed by atoms with Gasteiger partial charge in [0.1, 0.15) is 4.88 Å². The van der Waals surface area contributed by atoms with Crippen LogP contribution in [0.5, 0.6) is 0 Å². The number of carbonyl (C=O) groups is 1. The number of benzene rings is 1. The first kappa shape index (κ1) is 14.3. The third-order valence-electron chi connectivity index (χ3n) is 3.72. The third-order valence-corrected chi connectivity index (χ3v) is 5.38. The van der Waals surface area contributed by atoms with Gasteiger partial charge in [0, 0.05) is 15.8 Å². The van der Waals surface area contributed by atoms with E-state index >= 15 is 0 Å². The number of nitrogens with zero attached hydrogens (tertiary/aromatic N) is 2. The normalized spacial score (nSPS) is 11.2. The lowest BCUT2D eigenvalue weighted by Gasteiger charge is -2.02. The van der Waals surface area contributed by atoms with Crippen molar-refractivity contribution in [1.29, 1.82) is 0 Å². The summed E-state index contributed by atoms with van der Waals surface area (Å²) in [6.45, 7) is 5.93. The van der Waals surface area contributed by atoms with Crippen LogP contribution >= 0.6 is 22.9 Å². The van der Waals surface area contributed by atoms with E-state index in [1.54, 1.807) is 0 Å². The molecule has 0 spiro atoms. The first-order valence-corrected chi connectivity index (χ1v) is 8.00. The molecule has 3 nitrogen and oxygen atoms in total. The molecule has 2 heterocycles. The maximum Gasteiger partial charge on any atom is 0.290 e. The summed E-state index contributed by atoms with van der Waals surface area (Å²) in [5.41, 5.74) is 2.93. The van der Waals surface area contributed by atoms with Crippen LogP contribution in [0, 0.1) is 13.8 Å². The van der Waals surface area contributed by atoms with E-state index in [-0.39, 0.29) is 5.91 Å². The highest BCUT2D eigenvalue weighted by molar-refractivity contribution is 7.21. The van der Waals surface area contributed by atoms with Gasteiger partial charge in [-0.25, -0.2) is 0 Å². The first-order chi connectivity index (χ1) is 10.0. The Kier molecular flexibility index (Phi) is 3.59. The van der Waals surface area contributed by atoms with Crippen LogP contribution in [-0.2, 0) is 6.42 Å². The van der Waals surface area contributed by atoms with E-state index in [1.165, 1.54) is 16.0 Å². The van der Waals surface area contributed by atoms with Crippen molar-refractivity contribution in [2.75, 3.05) is 0 Å². The Bertz CT molecular complexity index is 847. The molecular formula is C16H15ClN2OS. The van der Waals surface area contributed by atoms with Gasteiger partial charge >= 0.3 is 0 Å². The van der Waals surface area contributed by atoms with E-state index in [0.29, 0.717) is 9.90 Å². The van der Waals surface area contributed by atoms with E-state index < -0.39 is 0 Å². The van der Waals surface area contributed by atoms with Crippen LogP contribution in [0.3, 0.4) is 0 Å². The summed E-state index contributed by atoms with van der Waals surface area (Å²) in [7, 11) is 0. The molecule has 0 saturated heterocycles. The van der Waals surface area contributed by atoms with Crippen LogP contribution in [0.1, 0.15) is 33.5 Å². The van der Waals surface area contributed by atoms with Crippen LogP contribution in [-0.4, -0.2) is 15.7 Å². The fourth-order valence-electron chi connectivity index (χ4n) is 2.63. The minimum Gasteiger partial charge on any atom is -0.266 e. The van der Waals surface area contributed by atoms with Crippen molar-refractivity contribution in [3.05, 3.63) is 51.1 Å². The molecule has 1 aromatic carbocycles. The van der Waals surface area contributed by atoms with E-state index in [9.17, 15) is 4.79 Å². The molecule has 0 N–H and O–H groups in total. The first-order valence-electron chi connectivity index (χ1n) is 6.81. The molecule has 3 aromatic rings.